The quantitative estimate of drug-likeness (QED) is 0.443. The van der Waals surface area contributed by atoms with E-state index in [1.54, 1.807) is 12.6 Å². The fourth-order valence-corrected chi connectivity index (χ4v) is 4.96. The van der Waals surface area contributed by atoms with Crippen LogP contribution in [0.4, 0.5) is 0 Å². The van der Waals surface area contributed by atoms with Gasteiger partial charge in [-0.15, -0.1) is 0 Å². The Hall–Kier alpha value is -3.42. The lowest BCUT2D eigenvalue weighted by atomic mass is 9.84. The molecule has 2 aliphatic rings. The van der Waals surface area contributed by atoms with Gasteiger partial charge in [0.2, 0.25) is 5.88 Å². The fraction of sp³-hybridized carbons (Fsp3) is 0.308. The molecule has 0 radical (unpaired) electrons. The molecule has 1 saturated heterocycles. The molecule has 7 nitrogen and oxygen atoms in total. The van der Waals surface area contributed by atoms with Gasteiger partial charge in [-0.3, -0.25) is 10.3 Å². The van der Waals surface area contributed by atoms with Gasteiger partial charge in [0.25, 0.3) is 0 Å². The molecule has 2 aliphatic heterocycles. The van der Waals surface area contributed by atoms with Crippen LogP contribution >= 0.6 is 0 Å². The van der Waals surface area contributed by atoms with Gasteiger partial charge in [-0.1, -0.05) is 30.3 Å². The maximum absolute atomic E-state index is 9.10. The van der Waals surface area contributed by atoms with E-state index in [1.807, 2.05) is 34.9 Å². The number of hydrogen-bond acceptors (Lipinski definition) is 6. The highest BCUT2D eigenvalue weighted by Gasteiger charge is 2.35. The van der Waals surface area contributed by atoms with Gasteiger partial charge < -0.3 is 18.5 Å². The number of fused-ring (bicyclic) bond motifs is 4. The topological polar surface area (TPSA) is 76.5 Å². The van der Waals surface area contributed by atoms with Gasteiger partial charge >= 0.3 is 0 Å². The molecule has 1 unspecified atom stereocenters. The van der Waals surface area contributed by atoms with Crippen molar-refractivity contribution in [2.45, 2.75) is 18.9 Å². The Labute approximate surface area is 191 Å². The van der Waals surface area contributed by atoms with Crippen LogP contribution in [-0.4, -0.2) is 47.3 Å². The first kappa shape index (κ1) is 20.2. The fourth-order valence-electron chi connectivity index (χ4n) is 4.96. The Kier molecular flexibility index (Phi) is 5.20. The first-order valence-electron chi connectivity index (χ1n) is 11.5. The molecule has 0 aliphatic carbocycles. The highest BCUT2D eigenvalue weighted by atomic mass is 16.5. The number of ether oxygens (including phenoxy) is 2. The lowest BCUT2D eigenvalue weighted by Crippen LogP contribution is -2.37. The van der Waals surface area contributed by atoms with E-state index in [-0.39, 0.29) is 5.92 Å². The predicted octanol–water partition coefficient (Wildman–Crippen LogP) is 4.12. The van der Waals surface area contributed by atoms with Gasteiger partial charge in [0.05, 0.1) is 31.0 Å². The van der Waals surface area contributed by atoms with Crippen molar-refractivity contribution in [3.8, 4) is 11.6 Å². The molecule has 0 bridgehead atoms. The average molecular weight is 443 g/mol. The Bertz CT molecular complexity index is 1340. The van der Waals surface area contributed by atoms with Crippen LogP contribution in [0.3, 0.4) is 0 Å². The number of rotatable bonds is 5. The molecule has 0 saturated carbocycles. The molecule has 1 N–H and O–H groups in total. The normalized spacial score (nSPS) is 18.0. The summed E-state index contributed by atoms with van der Waals surface area (Å²) in [6, 6.07) is 16.2. The lowest BCUT2D eigenvalue weighted by Gasteiger charge is -2.29. The summed E-state index contributed by atoms with van der Waals surface area (Å²) >= 11 is 0. The minimum atomic E-state index is -0.253. The van der Waals surface area contributed by atoms with Crippen LogP contribution in [0.25, 0.3) is 10.8 Å². The Morgan fingerprint density at radius 3 is 2.70 bits per heavy atom. The van der Waals surface area contributed by atoms with Crippen molar-refractivity contribution in [1.82, 2.24) is 14.5 Å². The molecule has 7 heteroatoms. The number of nitrogens with zero attached hydrogens (tertiary/aromatic N) is 3. The van der Waals surface area contributed by atoms with Crippen LogP contribution in [0.1, 0.15) is 29.2 Å². The zero-order valence-corrected chi connectivity index (χ0v) is 18.4. The molecule has 2 aromatic carbocycles. The summed E-state index contributed by atoms with van der Waals surface area (Å²) in [6.07, 6.45) is 4.36. The molecule has 6 rings (SSSR count). The molecular weight excluding hydrogens is 416 g/mol. The number of aryl methyl sites for hydroxylation is 1. The van der Waals surface area contributed by atoms with E-state index in [0.29, 0.717) is 11.4 Å². The monoisotopic (exact) mass is 442 g/mol. The van der Waals surface area contributed by atoms with Gasteiger partial charge in [0.15, 0.2) is 0 Å². The van der Waals surface area contributed by atoms with E-state index in [4.69, 9.17) is 19.3 Å². The third-order valence-corrected chi connectivity index (χ3v) is 6.61. The van der Waals surface area contributed by atoms with Gasteiger partial charge in [-0.05, 0) is 35.4 Å². The van der Waals surface area contributed by atoms with E-state index in [9.17, 15) is 0 Å². The molecule has 4 heterocycles. The van der Waals surface area contributed by atoms with Crippen molar-refractivity contribution >= 4 is 10.8 Å². The molecule has 4 aromatic rings. The van der Waals surface area contributed by atoms with Crippen LogP contribution in [0.2, 0.25) is 0 Å². The summed E-state index contributed by atoms with van der Waals surface area (Å²) in [7, 11) is 0. The minimum Gasteiger partial charge on any atom is -0.468 e. The highest BCUT2D eigenvalue weighted by Crippen LogP contribution is 2.47. The van der Waals surface area contributed by atoms with E-state index in [0.717, 1.165) is 79.2 Å². The van der Waals surface area contributed by atoms with E-state index >= 15 is 0 Å². The summed E-state index contributed by atoms with van der Waals surface area (Å²) in [5.74, 6) is 1.78. The van der Waals surface area contributed by atoms with E-state index < -0.39 is 0 Å². The number of hydrogen-bond donors (Lipinski definition) is 1. The Morgan fingerprint density at radius 1 is 0.970 bits per heavy atom. The SMILES string of the molecule is N=c1c2c(ncn1CCCN1CCOCC1)Oc1ccc3ccccc3c1C2c1ccco1. The number of morpholine rings is 1. The van der Waals surface area contributed by atoms with Crippen LogP contribution in [0.5, 0.6) is 11.6 Å². The molecule has 33 heavy (non-hydrogen) atoms. The van der Waals surface area contributed by atoms with Crippen molar-refractivity contribution in [2.75, 3.05) is 32.8 Å². The van der Waals surface area contributed by atoms with E-state index in [1.165, 1.54) is 0 Å². The Balaban J connectivity index is 1.40. The third kappa shape index (κ3) is 3.63. The lowest BCUT2D eigenvalue weighted by molar-refractivity contribution is 0.0369. The number of aromatic nitrogens is 2. The zero-order chi connectivity index (χ0) is 22.2. The van der Waals surface area contributed by atoms with E-state index in [2.05, 4.69) is 28.1 Å². The summed E-state index contributed by atoms with van der Waals surface area (Å²) in [4.78, 5) is 7.04. The molecule has 0 spiro atoms. The van der Waals surface area contributed by atoms with Gasteiger partial charge in [0.1, 0.15) is 23.3 Å². The van der Waals surface area contributed by atoms with Crippen molar-refractivity contribution in [2.24, 2.45) is 0 Å². The summed E-state index contributed by atoms with van der Waals surface area (Å²) < 4.78 is 19.5. The second-order valence-corrected chi connectivity index (χ2v) is 8.56. The molecule has 2 aromatic heterocycles. The molecular formula is C26H26N4O3. The number of nitrogens with one attached hydrogen (secondary N) is 1. The van der Waals surface area contributed by atoms with Crippen molar-refractivity contribution in [3.63, 3.8) is 0 Å². The maximum Gasteiger partial charge on any atom is 0.228 e. The summed E-state index contributed by atoms with van der Waals surface area (Å²) in [5, 5.41) is 11.3. The second kappa shape index (κ2) is 8.50. The molecule has 1 atom stereocenters. The van der Waals surface area contributed by atoms with Gasteiger partial charge in [0, 0.05) is 31.7 Å². The van der Waals surface area contributed by atoms with Crippen LogP contribution < -0.4 is 10.2 Å². The van der Waals surface area contributed by atoms with Crippen molar-refractivity contribution in [3.05, 3.63) is 83.5 Å². The molecule has 168 valence electrons. The largest absolute Gasteiger partial charge is 0.468 e. The maximum atomic E-state index is 9.10. The smallest absolute Gasteiger partial charge is 0.228 e. The van der Waals surface area contributed by atoms with Crippen LogP contribution in [0.15, 0.2) is 65.5 Å². The summed E-state index contributed by atoms with van der Waals surface area (Å²) in [6.45, 7) is 5.25. The van der Waals surface area contributed by atoms with Crippen molar-refractivity contribution in [1.29, 1.82) is 5.41 Å². The first-order valence-corrected chi connectivity index (χ1v) is 11.5. The second-order valence-electron chi connectivity index (χ2n) is 8.56. The zero-order valence-electron chi connectivity index (χ0n) is 18.4. The molecule has 1 fully saturated rings. The third-order valence-electron chi connectivity index (χ3n) is 6.61. The molecule has 0 amide bonds. The van der Waals surface area contributed by atoms with Gasteiger partial charge in [-0.2, -0.15) is 0 Å². The minimum absolute atomic E-state index is 0.253. The average Bonchev–Trinajstić information content (AvgIpc) is 3.39. The highest BCUT2D eigenvalue weighted by molar-refractivity contribution is 5.90. The summed E-state index contributed by atoms with van der Waals surface area (Å²) in [5.41, 5.74) is 2.20. The van der Waals surface area contributed by atoms with Gasteiger partial charge in [-0.25, -0.2) is 4.98 Å². The number of benzene rings is 2. The first-order chi connectivity index (χ1) is 16.3. The van der Waals surface area contributed by atoms with Crippen LogP contribution in [-0.2, 0) is 11.3 Å². The predicted molar refractivity (Wildman–Crippen MR) is 124 cm³/mol. The van der Waals surface area contributed by atoms with Crippen molar-refractivity contribution < 1.29 is 13.9 Å². The number of furan rings is 1. The Morgan fingerprint density at radius 2 is 1.85 bits per heavy atom. The standard InChI is InChI=1S/C26H26N4O3/c27-25-24-23(20-7-3-14-32-20)22-19-6-2-1-5-18(19)8-9-21(22)33-26(24)28-17-30(25)11-4-10-29-12-15-31-16-13-29/h1-3,5-9,14,17,23,27H,4,10-13,15-16H2. The van der Waals surface area contributed by atoms with Crippen LogP contribution in [0, 0.1) is 5.41 Å².